The van der Waals surface area contributed by atoms with Gasteiger partial charge < -0.3 is 64.2 Å². The summed E-state index contributed by atoms with van der Waals surface area (Å²) in [7, 11) is 0. The van der Waals surface area contributed by atoms with Crippen LogP contribution in [-0.2, 0) is 33.2 Å². The summed E-state index contributed by atoms with van der Waals surface area (Å²) in [5.41, 5.74) is 0. The van der Waals surface area contributed by atoms with E-state index in [1.54, 1.807) is 0 Å². The molecule has 0 amide bonds. The predicted octanol–water partition coefficient (Wildman–Crippen LogP) is 10.5. The molecule has 0 aromatic carbocycles. The van der Waals surface area contributed by atoms with E-state index in [9.17, 15) is 40.5 Å². The summed E-state index contributed by atoms with van der Waals surface area (Å²) in [4.78, 5) is 13.1. The van der Waals surface area contributed by atoms with Crippen molar-refractivity contribution < 1.29 is 69.0 Å². The molecule has 0 aromatic heterocycles. The van der Waals surface area contributed by atoms with Gasteiger partial charge in [0.15, 0.2) is 12.6 Å². The zero-order valence-corrected chi connectivity index (χ0v) is 46.9. The molecule has 2 aliphatic heterocycles. The fourth-order valence-electron chi connectivity index (χ4n) is 8.34. The molecule has 2 rings (SSSR count). The summed E-state index contributed by atoms with van der Waals surface area (Å²) in [6.07, 6.45) is 51.0. The van der Waals surface area contributed by atoms with Crippen LogP contribution in [-0.4, -0.2) is 142 Å². The summed E-state index contributed by atoms with van der Waals surface area (Å²) in [5, 5.41) is 72.4. The van der Waals surface area contributed by atoms with E-state index in [0.717, 1.165) is 141 Å². The number of carbonyl (C=O) groups excluding carboxylic acids is 1. The standard InChI is InChI=1S/C63H102O14/c1-3-5-7-9-11-13-15-17-19-21-23-25-27-29-31-33-35-37-39-41-43-45-47-72-49-52(50-73-62-61(71)59(69)57(67)54(77-62)51-74-63-60(70)58(68)56(66)53(48-64)76-63)75-55(65)46-44-42-40-38-36-34-32-30-28-26-24-22-20-18-16-14-12-10-8-6-4-2/h5-8,11-14,17-20,23-26,29-32,52-54,56-64,66-71H,3-4,9-10,15-16,21-22,27-28,33-51H2,1-2H3/b7-5-,8-6-,13-11-,14-12-,19-17-,20-18-,25-23-,26-24-,31-29-,32-30-. The van der Waals surface area contributed by atoms with Crippen LogP contribution in [0.2, 0.25) is 0 Å². The minimum Gasteiger partial charge on any atom is -0.457 e. The normalized spacial score (nSPS) is 25.2. The van der Waals surface area contributed by atoms with Gasteiger partial charge in [-0.25, -0.2) is 0 Å². The van der Waals surface area contributed by atoms with Crippen LogP contribution >= 0.6 is 0 Å². The zero-order valence-electron chi connectivity index (χ0n) is 46.9. The molecule has 11 unspecified atom stereocenters. The SMILES string of the molecule is CC/C=C\C/C=C\C/C=C\C/C=C\C/C=C\CCCCCCCCOCC(COC1OC(COC2OC(CO)C(O)C(O)C2O)C(O)C(O)C1O)OC(=O)CCCCCCC/C=C\C/C=C\C/C=C\C/C=C\C/C=C\CC. The van der Waals surface area contributed by atoms with Gasteiger partial charge in [0.2, 0.25) is 0 Å². The Bertz CT molecular complexity index is 1730. The maximum Gasteiger partial charge on any atom is 0.306 e. The molecule has 0 spiro atoms. The summed E-state index contributed by atoms with van der Waals surface area (Å²) in [6.45, 7) is 3.37. The molecule has 0 saturated carbocycles. The van der Waals surface area contributed by atoms with E-state index in [1.807, 2.05) is 0 Å². The number of allylic oxidation sites excluding steroid dienone is 20. The molecule has 0 aliphatic carbocycles. The Hall–Kier alpha value is -3.61. The number of esters is 1. The fourth-order valence-corrected chi connectivity index (χ4v) is 8.34. The third kappa shape index (κ3) is 34.9. The Labute approximate surface area is 463 Å². The molecule has 14 heteroatoms. The largest absolute Gasteiger partial charge is 0.457 e. The molecule has 0 aromatic rings. The van der Waals surface area contributed by atoms with Gasteiger partial charge in [-0.3, -0.25) is 4.79 Å². The number of carbonyl (C=O) groups is 1. The summed E-state index contributed by atoms with van der Waals surface area (Å²) in [5.74, 6) is -0.406. The monoisotopic (exact) mass is 1080 g/mol. The molecular formula is C63H102O14. The molecule has 11 atom stereocenters. The third-order valence-corrected chi connectivity index (χ3v) is 13.0. The van der Waals surface area contributed by atoms with Gasteiger partial charge in [0.05, 0.1) is 26.4 Å². The van der Waals surface area contributed by atoms with E-state index in [-0.39, 0.29) is 19.6 Å². The first-order valence-corrected chi connectivity index (χ1v) is 29.1. The second-order valence-electron chi connectivity index (χ2n) is 19.7. The number of unbranched alkanes of at least 4 members (excludes halogenated alkanes) is 11. The Morgan fingerprint density at radius 1 is 0.429 bits per heavy atom. The van der Waals surface area contributed by atoms with Crippen LogP contribution in [0.1, 0.15) is 168 Å². The van der Waals surface area contributed by atoms with Gasteiger partial charge >= 0.3 is 5.97 Å². The number of aliphatic hydroxyl groups excluding tert-OH is 7. The van der Waals surface area contributed by atoms with Gasteiger partial charge in [-0.05, 0) is 103 Å². The molecule has 0 radical (unpaired) electrons. The van der Waals surface area contributed by atoms with E-state index in [4.69, 9.17) is 28.4 Å². The summed E-state index contributed by atoms with van der Waals surface area (Å²) < 4.78 is 34.4. The Morgan fingerprint density at radius 3 is 1.26 bits per heavy atom. The van der Waals surface area contributed by atoms with E-state index < -0.39 is 86.7 Å². The highest BCUT2D eigenvalue weighted by molar-refractivity contribution is 5.69. The Balaban J connectivity index is 1.75. The summed E-state index contributed by atoms with van der Waals surface area (Å²) >= 11 is 0. The lowest BCUT2D eigenvalue weighted by Crippen LogP contribution is -2.61. The van der Waals surface area contributed by atoms with Gasteiger partial charge in [0.25, 0.3) is 0 Å². The van der Waals surface area contributed by atoms with Crippen molar-refractivity contribution in [1.29, 1.82) is 0 Å². The van der Waals surface area contributed by atoms with Crippen molar-refractivity contribution in [3.63, 3.8) is 0 Å². The predicted molar refractivity (Wildman–Crippen MR) is 307 cm³/mol. The van der Waals surface area contributed by atoms with Crippen LogP contribution in [0.25, 0.3) is 0 Å². The summed E-state index contributed by atoms with van der Waals surface area (Å²) in [6, 6.07) is 0. The second kappa shape index (κ2) is 48.3. The number of ether oxygens (including phenoxy) is 6. The average Bonchev–Trinajstić information content (AvgIpc) is 3.43. The molecule has 7 N–H and O–H groups in total. The molecule has 2 saturated heterocycles. The first-order valence-electron chi connectivity index (χ1n) is 29.1. The first-order chi connectivity index (χ1) is 37.6. The minimum atomic E-state index is -1.72. The van der Waals surface area contributed by atoms with Crippen LogP contribution in [0.3, 0.4) is 0 Å². The van der Waals surface area contributed by atoms with Gasteiger partial charge in [0.1, 0.15) is 54.9 Å². The molecule has 0 bridgehead atoms. The van der Waals surface area contributed by atoms with Gasteiger partial charge in [-0.1, -0.05) is 180 Å². The Kier molecular flexibility index (Phi) is 43.6. The molecule has 14 nitrogen and oxygen atoms in total. The van der Waals surface area contributed by atoms with E-state index in [1.165, 1.54) is 0 Å². The van der Waals surface area contributed by atoms with Crippen molar-refractivity contribution >= 4 is 5.97 Å². The highest BCUT2D eigenvalue weighted by Gasteiger charge is 2.47. The third-order valence-electron chi connectivity index (χ3n) is 13.0. The zero-order chi connectivity index (χ0) is 55.8. The van der Waals surface area contributed by atoms with E-state index >= 15 is 0 Å². The van der Waals surface area contributed by atoms with Crippen LogP contribution in [0.15, 0.2) is 122 Å². The van der Waals surface area contributed by atoms with Crippen LogP contribution in [0, 0.1) is 0 Å². The number of rotatable bonds is 45. The van der Waals surface area contributed by atoms with Crippen molar-refractivity contribution in [2.75, 3.05) is 33.0 Å². The molecule has 2 heterocycles. The molecular weight excluding hydrogens is 981 g/mol. The van der Waals surface area contributed by atoms with E-state index in [0.29, 0.717) is 13.0 Å². The smallest absolute Gasteiger partial charge is 0.306 e. The van der Waals surface area contributed by atoms with Crippen molar-refractivity contribution in [2.45, 2.75) is 235 Å². The maximum absolute atomic E-state index is 13.1. The lowest BCUT2D eigenvalue weighted by Gasteiger charge is -2.42. The van der Waals surface area contributed by atoms with Crippen LogP contribution in [0.5, 0.6) is 0 Å². The molecule has 2 aliphatic rings. The van der Waals surface area contributed by atoms with Gasteiger partial charge in [-0.15, -0.1) is 0 Å². The number of hydrogen-bond donors (Lipinski definition) is 7. The second-order valence-corrected chi connectivity index (χ2v) is 19.7. The number of aliphatic hydroxyl groups is 7. The van der Waals surface area contributed by atoms with Crippen molar-refractivity contribution in [3.8, 4) is 0 Å². The molecule has 2 fully saturated rings. The maximum atomic E-state index is 13.1. The van der Waals surface area contributed by atoms with Crippen LogP contribution in [0.4, 0.5) is 0 Å². The molecule has 77 heavy (non-hydrogen) atoms. The van der Waals surface area contributed by atoms with Crippen molar-refractivity contribution in [2.24, 2.45) is 0 Å². The molecule has 438 valence electrons. The van der Waals surface area contributed by atoms with Crippen molar-refractivity contribution in [1.82, 2.24) is 0 Å². The minimum absolute atomic E-state index is 0.0342. The van der Waals surface area contributed by atoms with Gasteiger partial charge in [0, 0.05) is 13.0 Å². The Morgan fingerprint density at radius 2 is 0.805 bits per heavy atom. The van der Waals surface area contributed by atoms with Crippen molar-refractivity contribution in [3.05, 3.63) is 122 Å². The van der Waals surface area contributed by atoms with Crippen LogP contribution < -0.4 is 0 Å². The lowest BCUT2D eigenvalue weighted by molar-refractivity contribution is -0.332. The first kappa shape index (κ1) is 69.5. The number of hydrogen-bond acceptors (Lipinski definition) is 14. The van der Waals surface area contributed by atoms with Gasteiger partial charge in [-0.2, -0.15) is 0 Å². The van der Waals surface area contributed by atoms with E-state index in [2.05, 4.69) is 135 Å². The highest BCUT2D eigenvalue weighted by atomic mass is 16.7. The highest BCUT2D eigenvalue weighted by Crippen LogP contribution is 2.26. The topological polar surface area (TPSA) is 214 Å². The quantitative estimate of drug-likeness (QED) is 0.0172. The fraction of sp³-hybridized carbons (Fsp3) is 0.667. The average molecular weight is 1080 g/mol. The lowest BCUT2D eigenvalue weighted by atomic mass is 9.98.